The van der Waals surface area contributed by atoms with E-state index in [0.29, 0.717) is 5.92 Å². The quantitative estimate of drug-likeness (QED) is 0.440. The van der Waals surface area contributed by atoms with Gasteiger partial charge < -0.3 is 37.2 Å². The molecule has 28 heavy (non-hydrogen) atoms. The Morgan fingerprint density at radius 2 is 1.00 bits per heavy atom. The maximum Gasteiger partial charge on any atom is -1.00 e. The molecule has 2 aromatic rings. The minimum Gasteiger partial charge on any atom is -1.00 e. The third-order valence-corrected chi connectivity index (χ3v) is 6.49. The van der Waals surface area contributed by atoms with Crippen LogP contribution in [0.15, 0.2) is 57.0 Å². The van der Waals surface area contributed by atoms with Gasteiger partial charge in [-0.25, -0.2) is 0 Å². The van der Waals surface area contributed by atoms with Gasteiger partial charge in [-0.05, 0) is 0 Å². The Kier molecular flexibility index (Phi) is 10.9. The van der Waals surface area contributed by atoms with Gasteiger partial charge >= 0.3 is 165 Å². The van der Waals surface area contributed by atoms with Crippen LogP contribution in [-0.2, 0) is 20.4 Å². The molecule has 2 aromatic carbocycles. The van der Waals surface area contributed by atoms with Crippen LogP contribution in [0.25, 0.3) is 0 Å². The molecule has 0 heterocycles. The van der Waals surface area contributed by atoms with Crippen molar-refractivity contribution in [2.45, 2.75) is 53.9 Å². The van der Waals surface area contributed by atoms with E-state index in [1.54, 1.807) is 5.57 Å². The zero-order chi connectivity index (χ0) is 18.3. The molecule has 4 heteroatoms. The summed E-state index contributed by atoms with van der Waals surface area (Å²) in [5.41, 5.74) is 12.8. The summed E-state index contributed by atoms with van der Waals surface area (Å²) in [6.45, 7) is 13.4. The summed E-state index contributed by atoms with van der Waals surface area (Å²) in [6, 6.07) is 14.0. The van der Waals surface area contributed by atoms with Gasteiger partial charge in [0.15, 0.2) is 0 Å². The Hall–Kier alpha value is -0.496. The number of rotatable bonds is 3. The molecule has 0 amide bonds. The minimum absolute atomic E-state index is 0. The molecule has 0 nitrogen and oxygen atoms in total. The zero-order valence-electron chi connectivity index (χ0n) is 17.4. The Morgan fingerprint density at radius 3 is 1.29 bits per heavy atom. The summed E-state index contributed by atoms with van der Waals surface area (Å²) in [5.74, 6) is 0.351. The molecule has 0 atom stereocenters. The summed E-state index contributed by atoms with van der Waals surface area (Å²) in [5, 5.41) is 0. The van der Waals surface area contributed by atoms with E-state index in [1.807, 2.05) is 0 Å². The van der Waals surface area contributed by atoms with Crippen molar-refractivity contribution in [1.82, 2.24) is 0 Å². The van der Waals surface area contributed by atoms with Gasteiger partial charge in [-0.1, -0.05) is 0 Å². The van der Waals surface area contributed by atoms with Gasteiger partial charge in [0, 0.05) is 0 Å². The van der Waals surface area contributed by atoms with E-state index in [2.05, 4.69) is 98.4 Å². The van der Waals surface area contributed by atoms with Gasteiger partial charge in [-0.2, -0.15) is 0 Å². The monoisotopic (exact) mass is 468 g/mol. The van der Waals surface area contributed by atoms with Crippen molar-refractivity contribution in [2.75, 3.05) is 0 Å². The summed E-state index contributed by atoms with van der Waals surface area (Å²) < 4.78 is 1.48. The van der Waals surface area contributed by atoms with Crippen LogP contribution in [0.2, 0.25) is 0 Å². The molecular formula is C24H27Cl3Ti. The van der Waals surface area contributed by atoms with Crippen molar-refractivity contribution in [1.29, 1.82) is 0 Å². The first kappa shape index (κ1) is 27.5. The van der Waals surface area contributed by atoms with Gasteiger partial charge in [0.25, 0.3) is 0 Å². The fraction of sp³-hybridized carbons (Fsp3) is 0.333. The van der Waals surface area contributed by atoms with Gasteiger partial charge in [0.2, 0.25) is 0 Å². The summed E-state index contributed by atoms with van der Waals surface area (Å²) in [7, 11) is 0. The molecule has 0 aliphatic heterocycles. The molecule has 0 fully saturated rings. The van der Waals surface area contributed by atoms with Crippen molar-refractivity contribution >= 4 is 0 Å². The van der Waals surface area contributed by atoms with Crippen LogP contribution in [0, 0.1) is 27.7 Å². The number of hydrogen-bond acceptors (Lipinski definition) is 0. The van der Waals surface area contributed by atoms with Gasteiger partial charge in [0.1, 0.15) is 0 Å². The van der Waals surface area contributed by atoms with Gasteiger partial charge in [0.05, 0.1) is 0 Å². The molecule has 0 radical (unpaired) electrons. The molecule has 1 aliphatic rings. The maximum atomic E-state index is 2.37. The molecule has 0 aromatic heterocycles. The van der Waals surface area contributed by atoms with Gasteiger partial charge in [-0.15, -0.1) is 0 Å². The van der Waals surface area contributed by atoms with E-state index in [4.69, 9.17) is 0 Å². The molecule has 1 aliphatic carbocycles. The molecule has 3 rings (SSSR count). The van der Waals surface area contributed by atoms with Crippen LogP contribution in [-0.4, -0.2) is 0 Å². The SMILES string of the molecule is CC1=[C]([Ti+3])C(C)=C(C(c2cc(C)cc(C)c2)c2cc(C)cc(C)c2)C1.[Cl-].[Cl-].[Cl-]. The van der Waals surface area contributed by atoms with Crippen LogP contribution in [0.1, 0.15) is 59.6 Å². The van der Waals surface area contributed by atoms with E-state index in [1.165, 1.54) is 48.4 Å². The minimum atomic E-state index is 0. The molecule has 0 saturated carbocycles. The summed E-state index contributed by atoms with van der Waals surface area (Å²) in [4.78, 5) is 0. The molecule has 148 valence electrons. The predicted molar refractivity (Wildman–Crippen MR) is 104 cm³/mol. The third-order valence-electron chi connectivity index (χ3n) is 5.24. The second-order valence-corrected chi connectivity index (χ2v) is 8.54. The molecular weight excluding hydrogens is 442 g/mol. The first-order valence-electron chi connectivity index (χ1n) is 9.04. The van der Waals surface area contributed by atoms with Crippen molar-refractivity contribution in [3.63, 3.8) is 0 Å². The Balaban J connectivity index is 0.00000243. The first-order valence-corrected chi connectivity index (χ1v) is 9.82. The van der Waals surface area contributed by atoms with Crippen LogP contribution in [0.3, 0.4) is 0 Å². The second kappa shape index (κ2) is 11.0. The van der Waals surface area contributed by atoms with Crippen molar-refractivity contribution in [3.05, 3.63) is 90.4 Å². The molecule has 0 spiro atoms. The average Bonchev–Trinajstić information content (AvgIpc) is 2.73. The van der Waals surface area contributed by atoms with E-state index in [0.717, 1.165) is 6.42 Å². The number of hydrogen-bond donors (Lipinski definition) is 0. The molecule has 0 unspecified atom stereocenters. The van der Waals surface area contributed by atoms with Crippen molar-refractivity contribution in [3.8, 4) is 0 Å². The Bertz CT molecular complexity index is 818. The van der Waals surface area contributed by atoms with Crippen molar-refractivity contribution < 1.29 is 57.7 Å². The average molecular weight is 470 g/mol. The van der Waals surface area contributed by atoms with Crippen LogP contribution < -0.4 is 37.2 Å². The molecule has 0 N–H and O–H groups in total. The fourth-order valence-corrected chi connectivity index (χ4v) is 4.64. The smallest absolute Gasteiger partial charge is 1.00 e. The molecule has 0 saturated heterocycles. The number of benzene rings is 2. The van der Waals surface area contributed by atoms with Crippen molar-refractivity contribution in [2.24, 2.45) is 0 Å². The van der Waals surface area contributed by atoms with Gasteiger partial charge in [-0.3, -0.25) is 0 Å². The van der Waals surface area contributed by atoms with Crippen LogP contribution in [0.5, 0.6) is 0 Å². The predicted octanol–water partition coefficient (Wildman–Crippen LogP) is -2.39. The number of aryl methyl sites for hydroxylation is 4. The topological polar surface area (TPSA) is 0 Å². The van der Waals surface area contributed by atoms with E-state index in [9.17, 15) is 0 Å². The maximum absolute atomic E-state index is 2.37. The largest absolute Gasteiger partial charge is 1.00 e. The Morgan fingerprint density at radius 1 is 0.643 bits per heavy atom. The van der Waals surface area contributed by atoms with Crippen LogP contribution >= 0.6 is 0 Å². The zero-order valence-corrected chi connectivity index (χ0v) is 21.2. The molecule has 0 bridgehead atoms. The normalized spacial score (nSPS) is 13.3. The number of halogens is 3. The van der Waals surface area contributed by atoms with Crippen LogP contribution in [0.4, 0.5) is 0 Å². The van der Waals surface area contributed by atoms with E-state index in [-0.39, 0.29) is 37.2 Å². The number of allylic oxidation sites excluding steroid dienone is 4. The summed E-state index contributed by atoms with van der Waals surface area (Å²) in [6.07, 6.45) is 1.10. The standard InChI is InChI=1S/C24H27.3ClH.Ti/c1-15-7-16(2)11-21(10-15)24(23-14-19(5)9-20(23)6)22-12-17(3)8-18(4)13-22;;;;/h7-8,10-13,24H,14H2,1-6H3;3*1H;/q;;;;+3/p-3. The van der Waals surface area contributed by atoms with E-state index >= 15 is 0 Å². The Labute approximate surface area is 200 Å². The first-order chi connectivity index (χ1) is 11.8. The third kappa shape index (κ3) is 5.77. The summed E-state index contributed by atoms with van der Waals surface area (Å²) >= 11 is 2.28. The fourth-order valence-electron chi connectivity index (χ4n) is 4.25. The second-order valence-electron chi connectivity index (χ2n) is 7.76. The van der Waals surface area contributed by atoms with E-state index < -0.39 is 0 Å².